The first kappa shape index (κ1) is 23.9. The number of aromatic nitrogens is 4. The zero-order valence-corrected chi connectivity index (χ0v) is 20.4. The summed E-state index contributed by atoms with van der Waals surface area (Å²) in [5, 5.41) is 12.9. The van der Waals surface area contributed by atoms with Crippen LogP contribution in [0, 0.1) is 0 Å². The molecule has 1 atom stereocenters. The second-order valence-electron chi connectivity index (χ2n) is 9.51. The van der Waals surface area contributed by atoms with E-state index in [1.54, 1.807) is 12.3 Å². The van der Waals surface area contributed by atoms with E-state index in [0.717, 1.165) is 36.5 Å². The fraction of sp³-hybridized carbons (Fsp3) is 0.370. The van der Waals surface area contributed by atoms with Crippen LogP contribution >= 0.6 is 0 Å². The largest absolute Gasteiger partial charge is 0.309 e. The molecule has 0 radical (unpaired) electrons. The third-order valence-electron chi connectivity index (χ3n) is 6.66. The molecule has 2 fully saturated rings. The molecular formula is C27H31N7O2. The van der Waals surface area contributed by atoms with E-state index in [2.05, 4.69) is 35.7 Å². The number of hydrogen-bond donors (Lipinski definition) is 3. The van der Waals surface area contributed by atoms with Crippen LogP contribution in [0.2, 0.25) is 0 Å². The van der Waals surface area contributed by atoms with Crippen molar-refractivity contribution in [2.45, 2.75) is 44.4 Å². The SMILES string of the molecule is CC(C(=O)Nc1cc(C2CC2)[nH]n1)c1cccc(-c2cncc(NC(=O)C=CCN3CCCC3)n2)c1. The molecular weight excluding hydrogens is 454 g/mol. The highest BCUT2D eigenvalue weighted by Gasteiger charge is 2.26. The molecule has 1 unspecified atom stereocenters. The summed E-state index contributed by atoms with van der Waals surface area (Å²) in [7, 11) is 0. The third-order valence-corrected chi connectivity index (χ3v) is 6.66. The Kier molecular flexibility index (Phi) is 7.18. The van der Waals surface area contributed by atoms with Gasteiger partial charge in [0.25, 0.3) is 0 Å². The van der Waals surface area contributed by atoms with Crippen LogP contribution in [0.1, 0.15) is 55.7 Å². The zero-order chi connectivity index (χ0) is 24.9. The molecule has 1 saturated carbocycles. The molecule has 1 aliphatic carbocycles. The number of benzene rings is 1. The summed E-state index contributed by atoms with van der Waals surface area (Å²) >= 11 is 0. The summed E-state index contributed by atoms with van der Waals surface area (Å²) in [5.41, 5.74) is 3.36. The van der Waals surface area contributed by atoms with Gasteiger partial charge in [0, 0.05) is 35.9 Å². The van der Waals surface area contributed by atoms with E-state index >= 15 is 0 Å². The minimum atomic E-state index is -0.386. The smallest absolute Gasteiger partial charge is 0.249 e. The predicted octanol–water partition coefficient (Wildman–Crippen LogP) is 4.08. The lowest BCUT2D eigenvalue weighted by atomic mass is 9.97. The summed E-state index contributed by atoms with van der Waals surface area (Å²) in [4.78, 5) is 36.3. The van der Waals surface area contributed by atoms with Gasteiger partial charge >= 0.3 is 0 Å². The molecule has 3 aromatic rings. The third kappa shape index (κ3) is 6.04. The van der Waals surface area contributed by atoms with Crippen molar-refractivity contribution < 1.29 is 9.59 Å². The number of carbonyl (C=O) groups is 2. The molecule has 2 aromatic heterocycles. The summed E-state index contributed by atoms with van der Waals surface area (Å²) < 4.78 is 0. The summed E-state index contributed by atoms with van der Waals surface area (Å²) in [6.45, 7) is 4.81. The first-order chi connectivity index (χ1) is 17.5. The Hall–Kier alpha value is -3.85. The van der Waals surface area contributed by atoms with Gasteiger partial charge in [0.2, 0.25) is 11.8 Å². The molecule has 9 nitrogen and oxygen atoms in total. The van der Waals surface area contributed by atoms with E-state index in [9.17, 15) is 9.59 Å². The predicted molar refractivity (Wildman–Crippen MR) is 139 cm³/mol. The molecule has 36 heavy (non-hydrogen) atoms. The Morgan fingerprint density at radius 2 is 1.97 bits per heavy atom. The van der Waals surface area contributed by atoms with Crippen LogP contribution in [-0.4, -0.2) is 56.5 Å². The Bertz CT molecular complexity index is 1260. The summed E-state index contributed by atoms with van der Waals surface area (Å²) in [5.74, 6) is 0.724. The van der Waals surface area contributed by atoms with Crippen molar-refractivity contribution in [3.8, 4) is 11.3 Å². The molecule has 2 aliphatic rings. The van der Waals surface area contributed by atoms with E-state index in [4.69, 9.17) is 0 Å². The van der Waals surface area contributed by atoms with Crippen molar-refractivity contribution in [2.24, 2.45) is 0 Å². The standard InChI is InChI=1S/C27H31N7O2/c1-18(27(36)31-24-15-22(32-33-24)19-9-10-19)20-6-4-7-21(14-20)23-16-28-17-25(29-23)30-26(35)8-5-13-34-11-2-3-12-34/h4-8,14-19H,2-3,9-13H2,1H3,(H,29,30,35)(H2,31,32,33,36). The minimum Gasteiger partial charge on any atom is -0.309 e. The average Bonchev–Trinajstić information content (AvgIpc) is 3.40. The number of rotatable bonds is 9. The first-order valence-corrected chi connectivity index (χ1v) is 12.5. The lowest BCUT2D eigenvalue weighted by Crippen LogP contribution is -2.19. The van der Waals surface area contributed by atoms with E-state index < -0.39 is 0 Å². The summed E-state index contributed by atoms with van der Waals surface area (Å²) in [6, 6.07) is 9.56. The average molecular weight is 486 g/mol. The second kappa shape index (κ2) is 10.8. The van der Waals surface area contributed by atoms with Crippen molar-refractivity contribution in [2.75, 3.05) is 30.3 Å². The van der Waals surface area contributed by atoms with Crippen molar-refractivity contribution in [3.63, 3.8) is 0 Å². The van der Waals surface area contributed by atoms with Gasteiger partial charge in [-0.15, -0.1) is 0 Å². The van der Waals surface area contributed by atoms with Crippen LogP contribution in [-0.2, 0) is 9.59 Å². The molecule has 1 aliphatic heterocycles. The number of nitrogens with zero attached hydrogens (tertiary/aromatic N) is 4. The number of likely N-dealkylation sites (tertiary alicyclic amines) is 1. The van der Waals surface area contributed by atoms with E-state index in [0.29, 0.717) is 23.2 Å². The maximum Gasteiger partial charge on any atom is 0.249 e. The van der Waals surface area contributed by atoms with Crippen LogP contribution in [0.15, 0.2) is 54.9 Å². The Labute approximate surface area is 210 Å². The van der Waals surface area contributed by atoms with Crippen LogP contribution in [0.4, 0.5) is 11.6 Å². The molecule has 186 valence electrons. The fourth-order valence-electron chi connectivity index (χ4n) is 4.36. The van der Waals surface area contributed by atoms with Gasteiger partial charge in [-0.3, -0.25) is 24.6 Å². The number of carbonyl (C=O) groups excluding carboxylic acids is 2. The van der Waals surface area contributed by atoms with Gasteiger partial charge in [-0.05, 0) is 57.3 Å². The van der Waals surface area contributed by atoms with Crippen LogP contribution in [0.5, 0.6) is 0 Å². The van der Waals surface area contributed by atoms with Gasteiger partial charge in [0.15, 0.2) is 11.6 Å². The van der Waals surface area contributed by atoms with Crippen molar-refractivity contribution in [1.29, 1.82) is 0 Å². The topological polar surface area (TPSA) is 116 Å². The molecule has 3 heterocycles. The monoisotopic (exact) mass is 485 g/mol. The lowest BCUT2D eigenvalue weighted by Gasteiger charge is -2.13. The molecule has 9 heteroatoms. The van der Waals surface area contributed by atoms with Crippen LogP contribution < -0.4 is 10.6 Å². The van der Waals surface area contributed by atoms with Gasteiger partial charge in [-0.1, -0.05) is 24.3 Å². The molecule has 2 amide bonds. The van der Waals surface area contributed by atoms with Gasteiger partial charge in [-0.2, -0.15) is 5.10 Å². The molecule has 1 aromatic carbocycles. The van der Waals surface area contributed by atoms with Gasteiger partial charge in [-0.25, -0.2) is 4.98 Å². The van der Waals surface area contributed by atoms with Crippen LogP contribution in [0.3, 0.4) is 0 Å². The van der Waals surface area contributed by atoms with E-state index in [1.165, 1.54) is 31.9 Å². The van der Waals surface area contributed by atoms with Crippen LogP contribution in [0.25, 0.3) is 11.3 Å². The van der Waals surface area contributed by atoms with Crippen molar-refractivity contribution in [3.05, 3.63) is 66.1 Å². The minimum absolute atomic E-state index is 0.131. The summed E-state index contributed by atoms with van der Waals surface area (Å²) in [6.07, 6.45) is 11.4. The van der Waals surface area contributed by atoms with E-state index in [-0.39, 0.29) is 17.7 Å². The molecule has 0 bridgehead atoms. The number of aromatic amines is 1. The number of nitrogens with one attached hydrogen (secondary N) is 3. The Morgan fingerprint density at radius 3 is 2.78 bits per heavy atom. The zero-order valence-electron chi connectivity index (χ0n) is 20.4. The normalized spacial score (nSPS) is 16.8. The maximum absolute atomic E-state index is 12.9. The van der Waals surface area contributed by atoms with Crippen molar-refractivity contribution in [1.82, 2.24) is 25.1 Å². The highest BCUT2D eigenvalue weighted by molar-refractivity contribution is 5.98. The first-order valence-electron chi connectivity index (χ1n) is 12.5. The fourth-order valence-corrected chi connectivity index (χ4v) is 4.36. The molecule has 3 N–H and O–H groups in total. The van der Waals surface area contributed by atoms with Crippen molar-refractivity contribution >= 4 is 23.5 Å². The maximum atomic E-state index is 12.9. The Morgan fingerprint density at radius 1 is 1.14 bits per heavy atom. The lowest BCUT2D eigenvalue weighted by molar-refractivity contribution is -0.117. The molecule has 1 saturated heterocycles. The Balaban J connectivity index is 1.21. The van der Waals surface area contributed by atoms with Gasteiger partial charge < -0.3 is 10.6 Å². The number of hydrogen-bond acceptors (Lipinski definition) is 6. The number of anilines is 2. The van der Waals surface area contributed by atoms with Gasteiger partial charge in [0.1, 0.15) is 0 Å². The number of H-pyrrole nitrogens is 1. The van der Waals surface area contributed by atoms with Gasteiger partial charge in [0.05, 0.1) is 24.0 Å². The van der Waals surface area contributed by atoms with E-state index in [1.807, 2.05) is 43.3 Å². The second-order valence-corrected chi connectivity index (χ2v) is 9.51. The highest BCUT2D eigenvalue weighted by Crippen LogP contribution is 2.39. The highest BCUT2D eigenvalue weighted by atomic mass is 16.2. The number of amides is 2. The quantitative estimate of drug-likeness (QED) is 0.394. The molecule has 0 spiro atoms. The molecule has 5 rings (SSSR count).